The number of anilines is 1. The summed E-state index contributed by atoms with van der Waals surface area (Å²) in [5.41, 5.74) is 0.837. The van der Waals surface area contributed by atoms with E-state index in [9.17, 15) is 18.4 Å². The van der Waals surface area contributed by atoms with Crippen molar-refractivity contribution < 1.29 is 23.1 Å². The summed E-state index contributed by atoms with van der Waals surface area (Å²) in [6.45, 7) is 0.879. The molecule has 7 heteroatoms. The molecular formula is C20H20F2N2O3. The van der Waals surface area contributed by atoms with E-state index in [0.717, 1.165) is 0 Å². The van der Waals surface area contributed by atoms with Crippen LogP contribution in [0.1, 0.15) is 23.2 Å². The van der Waals surface area contributed by atoms with E-state index in [0.29, 0.717) is 37.2 Å². The van der Waals surface area contributed by atoms with Crippen molar-refractivity contribution in [3.8, 4) is 5.75 Å². The van der Waals surface area contributed by atoms with Gasteiger partial charge in [0.05, 0.1) is 12.8 Å². The summed E-state index contributed by atoms with van der Waals surface area (Å²) in [5.74, 6) is -1.19. The highest BCUT2D eigenvalue weighted by Gasteiger charge is 2.28. The Morgan fingerprint density at radius 2 is 1.67 bits per heavy atom. The molecule has 2 aromatic rings. The van der Waals surface area contributed by atoms with Crippen LogP contribution < -0.4 is 10.1 Å². The lowest BCUT2D eigenvalue weighted by molar-refractivity contribution is -0.121. The fourth-order valence-electron chi connectivity index (χ4n) is 3.12. The molecule has 142 valence electrons. The average Bonchev–Trinajstić information content (AvgIpc) is 2.69. The Morgan fingerprint density at radius 3 is 2.30 bits per heavy atom. The van der Waals surface area contributed by atoms with Crippen LogP contribution in [-0.4, -0.2) is 36.9 Å². The third-order valence-corrected chi connectivity index (χ3v) is 4.67. The van der Waals surface area contributed by atoms with Crippen LogP contribution in [-0.2, 0) is 4.79 Å². The Kier molecular flexibility index (Phi) is 5.69. The minimum atomic E-state index is -0.447. The largest absolute Gasteiger partial charge is 0.494 e. The van der Waals surface area contributed by atoms with Gasteiger partial charge in [0, 0.05) is 30.6 Å². The molecule has 0 radical (unpaired) electrons. The highest BCUT2D eigenvalue weighted by molar-refractivity contribution is 5.95. The van der Waals surface area contributed by atoms with Crippen LogP contribution in [0, 0.1) is 17.6 Å². The molecular weight excluding hydrogens is 354 g/mol. The predicted octanol–water partition coefficient (Wildman–Crippen LogP) is 3.46. The van der Waals surface area contributed by atoms with Gasteiger partial charge in [0.15, 0.2) is 0 Å². The molecule has 3 rings (SSSR count). The number of carbonyl (C=O) groups excluding carboxylic acids is 2. The second kappa shape index (κ2) is 8.16. The minimum Gasteiger partial charge on any atom is -0.494 e. The molecule has 0 atom stereocenters. The van der Waals surface area contributed by atoms with E-state index in [4.69, 9.17) is 4.74 Å². The maximum Gasteiger partial charge on any atom is 0.253 e. The molecule has 0 unspecified atom stereocenters. The first-order valence-electron chi connectivity index (χ1n) is 8.67. The molecule has 27 heavy (non-hydrogen) atoms. The van der Waals surface area contributed by atoms with Gasteiger partial charge in [-0.2, -0.15) is 0 Å². The number of halogens is 2. The number of nitrogens with one attached hydrogen (secondary N) is 1. The second-order valence-electron chi connectivity index (χ2n) is 6.41. The fraction of sp³-hybridized carbons (Fsp3) is 0.300. The zero-order valence-corrected chi connectivity index (χ0v) is 14.9. The molecule has 0 bridgehead atoms. The van der Waals surface area contributed by atoms with Gasteiger partial charge < -0.3 is 15.0 Å². The van der Waals surface area contributed by atoms with Gasteiger partial charge in [-0.3, -0.25) is 9.59 Å². The van der Waals surface area contributed by atoms with Gasteiger partial charge in [0.2, 0.25) is 5.91 Å². The highest BCUT2D eigenvalue weighted by atomic mass is 19.1. The number of hydrogen-bond donors (Lipinski definition) is 1. The number of carbonyl (C=O) groups is 2. The Balaban J connectivity index is 1.58. The smallest absolute Gasteiger partial charge is 0.253 e. The highest BCUT2D eigenvalue weighted by Crippen LogP contribution is 2.27. The summed E-state index contributed by atoms with van der Waals surface area (Å²) in [6.07, 6.45) is 1.03. The number of amides is 2. The number of likely N-dealkylation sites (tertiary alicyclic amines) is 1. The van der Waals surface area contributed by atoms with Crippen molar-refractivity contribution in [2.24, 2.45) is 5.92 Å². The van der Waals surface area contributed by atoms with E-state index in [1.807, 2.05) is 0 Å². The van der Waals surface area contributed by atoms with E-state index in [-0.39, 0.29) is 23.5 Å². The molecule has 2 aromatic carbocycles. The lowest BCUT2D eigenvalue weighted by atomic mass is 9.95. The number of hydrogen-bond acceptors (Lipinski definition) is 3. The predicted molar refractivity (Wildman–Crippen MR) is 96.6 cm³/mol. The zero-order valence-electron chi connectivity index (χ0n) is 14.9. The van der Waals surface area contributed by atoms with Crippen LogP contribution in [0.15, 0.2) is 42.5 Å². The van der Waals surface area contributed by atoms with Gasteiger partial charge in [-0.25, -0.2) is 8.78 Å². The second-order valence-corrected chi connectivity index (χ2v) is 6.41. The molecule has 1 saturated heterocycles. The number of benzene rings is 2. The molecule has 5 nitrogen and oxygen atoms in total. The first-order chi connectivity index (χ1) is 13.0. The Hall–Kier alpha value is -2.96. The Bertz CT molecular complexity index is 832. The van der Waals surface area contributed by atoms with Crippen molar-refractivity contribution in [1.82, 2.24) is 4.90 Å². The summed E-state index contributed by atoms with van der Waals surface area (Å²) < 4.78 is 31.3. The Morgan fingerprint density at radius 1 is 1.04 bits per heavy atom. The van der Waals surface area contributed by atoms with Crippen LogP contribution in [0.25, 0.3) is 0 Å². The minimum absolute atomic E-state index is 0.172. The zero-order chi connectivity index (χ0) is 19.4. The van der Waals surface area contributed by atoms with Gasteiger partial charge in [-0.05, 0) is 49.2 Å². The van der Waals surface area contributed by atoms with Crippen LogP contribution in [0.4, 0.5) is 14.5 Å². The first-order valence-corrected chi connectivity index (χ1v) is 8.67. The van der Waals surface area contributed by atoms with Gasteiger partial charge >= 0.3 is 0 Å². The molecule has 1 fully saturated rings. The van der Waals surface area contributed by atoms with Gasteiger partial charge in [0.25, 0.3) is 5.91 Å². The van der Waals surface area contributed by atoms with E-state index < -0.39 is 11.6 Å². The number of nitrogens with zero attached hydrogens (tertiary/aromatic N) is 1. The van der Waals surface area contributed by atoms with Crippen molar-refractivity contribution >= 4 is 17.5 Å². The summed E-state index contributed by atoms with van der Waals surface area (Å²) in [6, 6.07) is 9.34. The van der Waals surface area contributed by atoms with Crippen LogP contribution in [0.5, 0.6) is 5.75 Å². The molecule has 1 heterocycles. The van der Waals surface area contributed by atoms with Crippen LogP contribution in [0.3, 0.4) is 0 Å². The van der Waals surface area contributed by atoms with Gasteiger partial charge in [-0.1, -0.05) is 0 Å². The van der Waals surface area contributed by atoms with Crippen molar-refractivity contribution in [2.75, 3.05) is 25.5 Å². The molecule has 2 amide bonds. The van der Waals surface area contributed by atoms with Crippen molar-refractivity contribution in [3.05, 3.63) is 59.7 Å². The standard InChI is InChI=1S/C20H20F2N2O3/c1-27-18-12-16(22)6-7-17(18)23-19(25)13-8-10-24(11-9-13)20(26)14-2-4-15(21)5-3-14/h2-7,12-13H,8-11H2,1H3,(H,23,25). The van der Waals surface area contributed by atoms with E-state index in [1.165, 1.54) is 49.6 Å². The Labute approximate surface area is 155 Å². The van der Waals surface area contributed by atoms with Crippen molar-refractivity contribution in [1.29, 1.82) is 0 Å². The van der Waals surface area contributed by atoms with E-state index >= 15 is 0 Å². The maximum atomic E-state index is 13.3. The molecule has 1 aliphatic rings. The number of piperidine rings is 1. The van der Waals surface area contributed by atoms with Crippen molar-refractivity contribution in [3.63, 3.8) is 0 Å². The maximum absolute atomic E-state index is 13.3. The molecule has 1 aliphatic heterocycles. The third-order valence-electron chi connectivity index (χ3n) is 4.67. The summed E-state index contributed by atoms with van der Waals surface area (Å²) in [5, 5.41) is 2.76. The number of methoxy groups -OCH3 is 1. The quantitative estimate of drug-likeness (QED) is 0.892. The third kappa shape index (κ3) is 4.42. The lowest BCUT2D eigenvalue weighted by Crippen LogP contribution is -2.41. The molecule has 1 N–H and O–H groups in total. The number of ether oxygens (including phenoxy) is 1. The summed E-state index contributed by atoms with van der Waals surface area (Å²) >= 11 is 0. The van der Waals surface area contributed by atoms with Crippen molar-refractivity contribution in [2.45, 2.75) is 12.8 Å². The van der Waals surface area contributed by atoms with E-state index in [1.54, 1.807) is 4.90 Å². The molecule has 0 aliphatic carbocycles. The fourth-order valence-corrected chi connectivity index (χ4v) is 3.12. The van der Waals surface area contributed by atoms with Crippen LogP contribution >= 0.6 is 0 Å². The lowest BCUT2D eigenvalue weighted by Gasteiger charge is -2.31. The van der Waals surface area contributed by atoms with E-state index in [2.05, 4.69) is 5.32 Å². The molecule has 0 aromatic heterocycles. The molecule has 0 saturated carbocycles. The molecule has 0 spiro atoms. The monoisotopic (exact) mass is 374 g/mol. The number of rotatable bonds is 4. The summed E-state index contributed by atoms with van der Waals surface area (Å²) in [4.78, 5) is 26.6. The topological polar surface area (TPSA) is 58.6 Å². The average molecular weight is 374 g/mol. The van der Waals surface area contributed by atoms with Crippen LogP contribution in [0.2, 0.25) is 0 Å². The van der Waals surface area contributed by atoms with Gasteiger partial charge in [0.1, 0.15) is 17.4 Å². The normalized spacial score (nSPS) is 14.7. The SMILES string of the molecule is COc1cc(F)ccc1NC(=O)C1CCN(C(=O)c2ccc(F)cc2)CC1. The summed E-state index contributed by atoms with van der Waals surface area (Å²) in [7, 11) is 1.41. The van der Waals surface area contributed by atoms with Gasteiger partial charge in [-0.15, -0.1) is 0 Å². The first kappa shape index (κ1) is 18.8.